The maximum absolute atomic E-state index is 12.4. The third-order valence-electron chi connectivity index (χ3n) is 3.46. The standard InChI is InChI=1S/C21H16NO/c23-21(19-11-5-2-6-12-19)17-22-16-8-7-13-20(22)15-14-18-9-3-1-4-10-18/h1-13,16H,17H2/q+1. The Labute approximate surface area is 136 Å². The molecule has 23 heavy (non-hydrogen) atoms. The molecule has 0 bridgehead atoms. The first kappa shape index (κ1) is 14.7. The van der Waals surface area contributed by atoms with Gasteiger partial charge < -0.3 is 0 Å². The summed E-state index contributed by atoms with van der Waals surface area (Å²) in [6.07, 6.45) is 1.88. The lowest BCUT2D eigenvalue weighted by atomic mass is 10.1. The molecule has 1 heterocycles. The minimum Gasteiger partial charge on any atom is -0.287 e. The van der Waals surface area contributed by atoms with E-state index in [1.54, 1.807) is 0 Å². The maximum Gasteiger partial charge on any atom is 0.257 e. The molecule has 2 aromatic carbocycles. The first-order valence-electron chi connectivity index (χ1n) is 7.47. The van der Waals surface area contributed by atoms with Crippen molar-refractivity contribution in [3.05, 3.63) is 102 Å². The van der Waals surface area contributed by atoms with Gasteiger partial charge in [0.1, 0.15) is 0 Å². The molecule has 1 aromatic heterocycles. The second-order valence-corrected chi connectivity index (χ2v) is 5.12. The van der Waals surface area contributed by atoms with E-state index in [0.29, 0.717) is 5.56 Å². The van der Waals surface area contributed by atoms with Crippen molar-refractivity contribution < 1.29 is 9.36 Å². The molecular weight excluding hydrogens is 282 g/mol. The largest absolute Gasteiger partial charge is 0.287 e. The van der Waals surface area contributed by atoms with Gasteiger partial charge in [0.05, 0.1) is 0 Å². The summed E-state index contributed by atoms with van der Waals surface area (Å²) in [5.41, 5.74) is 2.49. The fourth-order valence-corrected chi connectivity index (χ4v) is 2.26. The molecular formula is C21H16NO+. The van der Waals surface area contributed by atoms with E-state index >= 15 is 0 Å². The Bertz CT molecular complexity index is 858. The number of rotatable bonds is 3. The third-order valence-corrected chi connectivity index (χ3v) is 3.46. The topological polar surface area (TPSA) is 20.9 Å². The quantitative estimate of drug-likeness (QED) is 0.413. The molecule has 0 unspecified atom stereocenters. The van der Waals surface area contributed by atoms with Crippen molar-refractivity contribution in [2.45, 2.75) is 6.54 Å². The van der Waals surface area contributed by atoms with Crippen LogP contribution in [0.1, 0.15) is 21.6 Å². The van der Waals surface area contributed by atoms with E-state index in [-0.39, 0.29) is 12.3 Å². The highest BCUT2D eigenvalue weighted by molar-refractivity contribution is 5.94. The average molecular weight is 298 g/mol. The van der Waals surface area contributed by atoms with E-state index in [2.05, 4.69) is 11.8 Å². The zero-order valence-corrected chi connectivity index (χ0v) is 12.6. The summed E-state index contributed by atoms with van der Waals surface area (Å²) < 4.78 is 1.88. The lowest BCUT2D eigenvalue weighted by Gasteiger charge is -1.99. The number of hydrogen-bond acceptors (Lipinski definition) is 1. The summed E-state index contributed by atoms with van der Waals surface area (Å²) in [5.74, 6) is 6.35. The average Bonchev–Trinajstić information content (AvgIpc) is 2.62. The zero-order chi connectivity index (χ0) is 15.9. The minimum atomic E-state index is 0.0737. The summed E-state index contributed by atoms with van der Waals surface area (Å²) >= 11 is 0. The molecule has 2 heteroatoms. The fourth-order valence-electron chi connectivity index (χ4n) is 2.26. The predicted octanol–water partition coefficient (Wildman–Crippen LogP) is 3.26. The number of pyridine rings is 1. The zero-order valence-electron chi connectivity index (χ0n) is 12.6. The number of aromatic nitrogens is 1. The highest BCUT2D eigenvalue weighted by Gasteiger charge is 2.14. The second-order valence-electron chi connectivity index (χ2n) is 5.12. The Balaban J connectivity index is 1.84. The van der Waals surface area contributed by atoms with Crippen LogP contribution in [-0.4, -0.2) is 5.78 Å². The Morgan fingerprint density at radius 3 is 2.17 bits per heavy atom. The molecule has 3 rings (SSSR count). The SMILES string of the molecule is O=C(C[n+]1ccccc1C#Cc1ccccc1)c1ccccc1. The Kier molecular flexibility index (Phi) is 4.61. The van der Waals surface area contributed by atoms with E-state index < -0.39 is 0 Å². The van der Waals surface area contributed by atoms with Gasteiger partial charge >= 0.3 is 0 Å². The second kappa shape index (κ2) is 7.20. The van der Waals surface area contributed by atoms with E-state index in [1.165, 1.54) is 0 Å². The van der Waals surface area contributed by atoms with Gasteiger partial charge in [-0.2, -0.15) is 4.57 Å². The molecule has 0 aliphatic rings. The van der Waals surface area contributed by atoms with Gasteiger partial charge in [-0.25, -0.2) is 0 Å². The summed E-state index contributed by atoms with van der Waals surface area (Å²) in [4.78, 5) is 12.4. The molecule has 2 nitrogen and oxygen atoms in total. The van der Waals surface area contributed by atoms with Crippen molar-refractivity contribution >= 4 is 5.78 Å². The van der Waals surface area contributed by atoms with E-state index in [0.717, 1.165) is 11.3 Å². The highest BCUT2D eigenvalue weighted by Crippen LogP contribution is 2.01. The summed E-state index contributed by atoms with van der Waals surface area (Å²) in [6.45, 7) is 0.281. The number of benzene rings is 2. The van der Waals surface area contributed by atoms with Crippen molar-refractivity contribution in [3.8, 4) is 11.8 Å². The third kappa shape index (κ3) is 3.93. The molecule has 0 spiro atoms. The normalized spacial score (nSPS) is 9.74. The Morgan fingerprint density at radius 1 is 0.783 bits per heavy atom. The lowest BCUT2D eigenvalue weighted by molar-refractivity contribution is -0.685. The molecule has 0 saturated heterocycles. The van der Waals surface area contributed by atoms with Crippen LogP contribution >= 0.6 is 0 Å². The van der Waals surface area contributed by atoms with Gasteiger partial charge in [0.2, 0.25) is 12.3 Å². The summed E-state index contributed by atoms with van der Waals surface area (Å²) in [7, 11) is 0. The van der Waals surface area contributed by atoms with Gasteiger partial charge in [-0.1, -0.05) is 54.5 Å². The molecule has 0 saturated carbocycles. The van der Waals surface area contributed by atoms with Crippen LogP contribution in [0.15, 0.2) is 85.1 Å². The fraction of sp³-hybridized carbons (Fsp3) is 0.0476. The van der Waals surface area contributed by atoms with Crippen LogP contribution in [0.5, 0.6) is 0 Å². The number of carbonyl (C=O) groups excluding carboxylic acids is 1. The first-order valence-corrected chi connectivity index (χ1v) is 7.47. The minimum absolute atomic E-state index is 0.0737. The van der Waals surface area contributed by atoms with Gasteiger partial charge in [-0.3, -0.25) is 4.79 Å². The summed E-state index contributed by atoms with van der Waals surface area (Å²) in [6, 6.07) is 24.9. The van der Waals surface area contributed by atoms with Gasteiger partial charge in [-0.05, 0) is 18.2 Å². The number of nitrogens with zero attached hydrogens (tertiary/aromatic N) is 1. The molecule has 0 aliphatic heterocycles. The molecule has 0 aliphatic carbocycles. The van der Waals surface area contributed by atoms with Crippen LogP contribution in [0, 0.1) is 11.8 Å². The lowest BCUT2D eigenvalue weighted by Crippen LogP contribution is -2.40. The molecule has 0 fully saturated rings. The van der Waals surface area contributed by atoms with Crippen LogP contribution in [0.25, 0.3) is 0 Å². The molecule has 110 valence electrons. The van der Waals surface area contributed by atoms with Gasteiger partial charge in [0, 0.05) is 29.2 Å². The molecule has 0 N–H and O–H groups in total. The van der Waals surface area contributed by atoms with E-state index in [9.17, 15) is 4.79 Å². The first-order chi connectivity index (χ1) is 11.3. The Hall–Kier alpha value is -3.18. The van der Waals surface area contributed by atoms with Crippen LogP contribution < -0.4 is 4.57 Å². The van der Waals surface area contributed by atoms with Crippen molar-refractivity contribution in [3.63, 3.8) is 0 Å². The summed E-state index contributed by atoms with van der Waals surface area (Å²) in [5, 5.41) is 0. The number of hydrogen-bond donors (Lipinski definition) is 0. The smallest absolute Gasteiger partial charge is 0.257 e. The van der Waals surface area contributed by atoms with Crippen LogP contribution in [0.2, 0.25) is 0 Å². The van der Waals surface area contributed by atoms with Gasteiger partial charge in [0.15, 0.2) is 6.20 Å². The molecule has 0 amide bonds. The van der Waals surface area contributed by atoms with E-state index in [1.807, 2.05) is 89.6 Å². The van der Waals surface area contributed by atoms with Crippen LogP contribution in [0.3, 0.4) is 0 Å². The molecule has 0 atom stereocenters. The maximum atomic E-state index is 12.4. The van der Waals surface area contributed by atoms with Crippen molar-refractivity contribution in [1.82, 2.24) is 0 Å². The van der Waals surface area contributed by atoms with Crippen LogP contribution in [-0.2, 0) is 6.54 Å². The van der Waals surface area contributed by atoms with Crippen LogP contribution in [0.4, 0.5) is 0 Å². The monoisotopic (exact) mass is 298 g/mol. The van der Waals surface area contributed by atoms with Crippen molar-refractivity contribution in [1.29, 1.82) is 0 Å². The number of Topliss-reactive ketones (excluding diaryl/α,β-unsaturated/α-hetero) is 1. The number of ketones is 1. The van der Waals surface area contributed by atoms with Gasteiger partial charge in [0.25, 0.3) is 5.69 Å². The molecule has 3 aromatic rings. The number of carbonyl (C=O) groups is 1. The Morgan fingerprint density at radius 2 is 1.43 bits per heavy atom. The van der Waals surface area contributed by atoms with E-state index in [4.69, 9.17) is 0 Å². The predicted molar refractivity (Wildman–Crippen MR) is 89.8 cm³/mol. The van der Waals surface area contributed by atoms with Gasteiger partial charge in [-0.15, -0.1) is 0 Å². The molecule has 0 radical (unpaired) electrons. The van der Waals surface area contributed by atoms with Crippen molar-refractivity contribution in [2.24, 2.45) is 0 Å². The van der Waals surface area contributed by atoms with Crippen molar-refractivity contribution in [2.75, 3.05) is 0 Å². The highest BCUT2D eigenvalue weighted by atomic mass is 16.1.